The molecule has 1 rings (SSSR count). The van der Waals surface area contributed by atoms with Gasteiger partial charge in [-0.3, -0.25) is 9.59 Å². The van der Waals surface area contributed by atoms with Crippen molar-refractivity contribution >= 4 is 17.7 Å². The molecule has 2 N–H and O–H groups in total. The lowest BCUT2D eigenvalue weighted by molar-refractivity contribution is -0.147. The zero-order valence-corrected chi connectivity index (χ0v) is 23.5. The number of hydrogen-bond donors (Lipinski definition) is 2. The number of amides is 1. The minimum absolute atomic E-state index is 0.0641. The largest absolute Gasteiger partial charge is 0.458 e. The highest BCUT2D eigenvalue weighted by atomic mass is 16.5. The Kier molecular flexibility index (Phi) is 13.8. The van der Waals surface area contributed by atoms with Crippen LogP contribution in [0.5, 0.6) is 0 Å². The summed E-state index contributed by atoms with van der Waals surface area (Å²) in [5.41, 5.74) is 1.20. The molecule has 6 heteroatoms. The summed E-state index contributed by atoms with van der Waals surface area (Å²) in [6, 6.07) is -0.635. The van der Waals surface area contributed by atoms with Gasteiger partial charge in [-0.2, -0.15) is 0 Å². The summed E-state index contributed by atoms with van der Waals surface area (Å²) < 4.78 is 5.47. The average molecular weight is 512 g/mol. The number of allylic oxidation sites excluding steroid dienone is 6. The molecule has 0 aromatic heterocycles. The molecule has 0 aliphatic carbocycles. The highest BCUT2D eigenvalue weighted by molar-refractivity contribution is 5.94. The zero-order chi connectivity index (χ0) is 28.0. The number of esters is 1. The first kappa shape index (κ1) is 32.0. The highest BCUT2D eigenvalue weighted by Gasteiger charge is 2.31. The molecule has 0 saturated carbocycles. The topological polar surface area (TPSA) is 92.7 Å². The summed E-state index contributed by atoms with van der Waals surface area (Å²) >= 11 is 0. The number of ketones is 1. The van der Waals surface area contributed by atoms with Gasteiger partial charge in [0.15, 0.2) is 5.78 Å². The molecule has 204 valence electrons. The standard InChI is InChI=1S/C31H45NO5/c1-8-9-15-25(33)16-11-12-17-26(34)29(31(5,6)7)32-28(35)18-13-10-14-22(2)21-24(4)27-20-19-23(3)30(36)37-27/h8-14,18-19,21,24-25,27,29,33H,15-17,20H2,1-7H3,(H,32,35)/b9-8-,12-11-,14-10-,18-13-,22-21+/t24-,25-,27-,29+/m0/s1. The number of carbonyl (C=O) groups is 3. The summed E-state index contributed by atoms with van der Waals surface area (Å²) in [5, 5.41) is 12.7. The smallest absolute Gasteiger partial charge is 0.333 e. The van der Waals surface area contributed by atoms with Crippen molar-refractivity contribution in [2.45, 2.75) is 92.4 Å². The van der Waals surface area contributed by atoms with Gasteiger partial charge in [0.25, 0.3) is 0 Å². The molecular weight excluding hydrogens is 466 g/mol. The van der Waals surface area contributed by atoms with Gasteiger partial charge < -0.3 is 15.2 Å². The van der Waals surface area contributed by atoms with Crippen LogP contribution in [0, 0.1) is 11.3 Å². The summed E-state index contributed by atoms with van der Waals surface area (Å²) in [4.78, 5) is 37.1. The molecule has 1 aliphatic heterocycles. The van der Waals surface area contributed by atoms with Crippen LogP contribution in [0.2, 0.25) is 0 Å². The molecule has 0 saturated heterocycles. The Morgan fingerprint density at radius 3 is 2.43 bits per heavy atom. The zero-order valence-electron chi connectivity index (χ0n) is 23.5. The number of rotatable bonds is 13. The van der Waals surface area contributed by atoms with E-state index in [2.05, 4.69) is 5.32 Å². The van der Waals surface area contributed by atoms with E-state index in [4.69, 9.17) is 4.74 Å². The van der Waals surface area contributed by atoms with Crippen molar-refractivity contribution in [3.8, 4) is 0 Å². The molecule has 0 bridgehead atoms. The number of aliphatic hydroxyl groups is 1. The van der Waals surface area contributed by atoms with E-state index in [0.29, 0.717) is 24.8 Å². The first-order chi connectivity index (χ1) is 17.3. The second-order valence-corrected chi connectivity index (χ2v) is 10.7. The lowest BCUT2D eigenvalue weighted by Crippen LogP contribution is -2.48. The minimum atomic E-state index is -0.635. The number of carbonyl (C=O) groups excluding carboxylic acids is 3. The van der Waals surface area contributed by atoms with E-state index in [1.54, 1.807) is 25.2 Å². The maximum Gasteiger partial charge on any atom is 0.333 e. The predicted octanol–water partition coefficient (Wildman–Crippen LogP) is 5.71. The average Bonchev–Trinajstić information content (AvgIpc) is 2.82. The fraction of sp³-hybridized carbons (Fsp3) is 0.516. The van der Waals surface area contributed by atoms with Crippen LogP contribution in [0.1, 0.15) is 74.1 Å². The Hall–Kier alpha value is -2.99. The Balaban J connectivity index is 2.63. The van der Waals surface area contributed by atoms with Crippen LogP contribution in [0.15, 0.2) is 71.9 Å². The Morgan fingerprint density at radius 1 is 1.16 bits per heavy atom. The highest BCUT2D eigenvalue weighted by Crippen LogP contribution is 2.23. The van der Waals surface area contributed by atoms with Crippen molar-refractivity contribution < 1.29 is 24.2 Å². The molecular formula is C31H45NO5. The number of aliphatic hydroxyl groups excluding tert-OH is 1. The van der Waals surface area contributed by atoms with Crippen LogP contribution in [-0.2, 0) is 19.1 Å². The van der Waals surface area contributed by atoms with Crippen molar-refractivity contribution in [2.75, 3.05) is 0 Å². The van der Waals surface area contributed by atoms with Crippen molar-refractivity contribution in [3.63, 3.8) is 0 Å². The van der Waals surface area contributed by atoms with Crippen LogP contribution >= 0.6 is 0 Å². The molecule has 1 heterocycles. The third-order valence-corrected chi connectivity index (χ3v) is 6.08. The molecule has 1 aliphatic rings. The number of nitrogens with one attached hydrogen (secondary N) is 1. The normalized spacial score (nSPS) is 19.9. The number of hydrogen-bond acceptors (Lipinski definition) is 5. The van der Waals surface area contributed by atoms with Crippen LogP contribution in [-0.4, -0.2) is 41.0 Å². The van der Waals surface area contributed by atoms with Crippen LogP contribution in [0.25, 0.3) is 0 Å². The molecule has 6 nitrogen and oxygen atoms in total. The van der Waals surface area contributed by atoms with Gasteiger partial charge >= 0.3 is 5.97 Å². The monoisotopic (exact) mass is 511 g/mol. The third kappa shape index (κ3) is 12.7. The summed E-state index contributed by atoms with van der Waals surface area (Å²) in [6.45, 7) is 13.4. The minimum Gasteiger partial charge on any atom is -0.458 e. The van der Waals surface area contributed by atoms with Crippen molar-refractivity contribution in [3.05, 3.63) is 71.9 Å². The SMILES string of the molecule is C/C=C\C[C@H](O)C/C=C\CC(=O)[C@@H](NC(=O)\C=C/C=C\C(C)=C\[C@H](C)[C@@H]1CC=C(C)C(=O)O1)C(C)(C)C. The second kappa shape index (κ2) is 16.0. The van der Waals surface area contributed by atoms with Crippen LogP contribution in [0.4, 0.5) is 0 Å². The van der Waals surface area contributed by atoms with E-state index in [1.807, 2.05) is 78.0 Å². The molecule has 37 heavy (non-hydrogen) atoms. The number of ether oxygens (including phenoxy) is 1. The Bertz CT molecular complexity index is 959. The van der Waals surface area contributed by atoms with Crippen molar-refractivity contribution in [2.24, 2.45) is 11.3 Å². The molecule has 0 aromatic rings. The first-order valence-electron chi connectivity index (χ1n) is 13.0. The molecule has 4 atom stereocenters. The van der Waals surface area contributed by atoms with Gasteiger partial charge in [-0.05, 0) is 39.0 Å². The van der Waals surface area contributed by atoms with Crippen molar-refractivity contribution in [1.82, 2.24) is 5.32 Å². The van der Waals surface area contributed by atoms with E-state index < -0.39 is 17.6 Å². The van der Waals surface area contributed by atoms with Gasteiger partial charge in [0.2, 0.25) is 5.91 Å². The van der Waals surface area contributed by atoms with Gasteiger partial charge in [0.1, 0.15) is 6.10 Å². The van der Waals surface area contributed by atoms with E-state index in [9.17, 15) is 19.5 Å². The van der Waals surface area contributed by atoms with E-state index in [0.717, 1.165) is 5.57 Å². The first-order valence-corrected chi connectivity index (χ1v) is 13.0. The molecule has 0 fully saturated rings. The summed E-state index contributed by atoms with van der Waals surface area (Å²) in [6.07, 6.45) is 19.3. The molecule has 1 amide bonds. The van der Waals surface area contributed by atoms with Gasteiger partial charge in [-0.1, -0.05) is 88.0 Å². The van der Waals surface area contributed by atoms with E-state index >= 15 is 0 Å². The predicted molar refractivity (Wildman–Crippen MR) is 150 cm³/mol. The fourth-order valence-electron chi connectivity index (χ4n) is 3.83. The van der Waals surface area contributed by atoms with E-state index in [-0.39, 0.29) is 36.1 Å². The number of cyclic esters (lactones) is 1. The quantitative estimate of drug-likeness (QED) is 0.143. The van der Waals surface area contributed by atoms with E-state index in [1.165, 1.54) is 6.08 Å². The molecule has 0 radical (unpaired) electrons. The van der Waals surface area contributed by atoms with Gasteiger partial charge in [0.05, 0.1) is 12.1 Å². The lowest BCUT2D eigenvalue weighted by atomic mass is 9.83. The van der Waals surface area contributed by atoms with Gasteiger partial charge in [-0.15, -0.1) is 0 Å². The second-order valence-electron chi connectivity index (χ2n) is 10.7. The van der Waals surface area contributed by atoms with Crippen LogP contribution < -0.4 is 5.32 Å². The maximum atomic E-state index is 12.8. The van der Waals surface area contributed by atoms with Gasteiger partial charge in [0, 0.05) is 30.4 Å². The van der Waals surface area contributed by atoms with Crippen molar-refractivity contribution in [1.29, 1.82) is 0 Å². The number of Topliss-reactive ketones (excluding diaryl/α,β-unsaturated/α-hetero) is 1. The fourth-order valence-corrected chi connectivity index (χ4v) is 3.83. The molecule has 0 aromatic carbocycles. The lowest BCUT2D eigenvalue weighted by Gasteiger charge is -2.29. The maximum absolute atomic E-state index is 12.8. The molecule has 0 spiro atoms. The summed E-state index contributed by atoms with van der Waals surface area (Å²) in [7, 11) is 0. The Labute approximate surface area is 222 Å². The van der Waals surface area contributed by atoms with Crippen LogP contribution in [0.3, 0.4) is 0 Å². The van der Waals surface area contributed by atoms with Gasteiger partial charge in [-0.25, -0.2) is 4.79 Å². The Morgan fingerprint density at radius 2 is 1.81 bits per heavy atom. The molecule has 0 unspecified atom stereocenters. The third-order valence-electron chi connectivity index (χ3n) is 6.08. The summed E-state index contributed by atoms with van der Waals surface area (Å²) in [5.74, 6) is -0.616.